The monoisotopic (exact) mass is 756 g/mol. The Morgan fingerprint density at radius 2 is 1.45 bits per heavy atom. The Hall–Kier alpha value is -3.67. The number of phenolic OH excluding ortho intramolecular Hbond substituents is 4. The van der Waals surface area contributed by atoms with Crippen LogP contribution in [-0.2, 0) is 44.4 Å². The third-order valence-electron chi connectivity index (χ3n) is 8.92. The van der Waals surface area contributed by atoms with Crippen LogP contribution in [0.4, 0.5) is 0 Å². The van der Waals surface area contributed by atoms with Gasteiger partial charge in [-0.25, -0.2) is 4.79 Å². The highest BCUT2D eigenvalue weighted by Gasteiger charge is 2.55. The smallest absolute Gasteiger partial charge is 0.331 e. The van der Waals surface area contributed by atoms with Crippen molar-refractivity contribution in [2.45, 2.75) is 99.4 Å². The van der Waals surface area contributed by atoms with Crippen LogP contribution in [0.1, 0.15) is 18.1 Å². The fourth-order valence-corrected chi connectivity index (χ4v) is 6.00. The third kappa shape index (κ3) is 9.72. The first-order valence-corrected chi connectivity index (χ1v) is 16.6. The van der Waals surface area contributed by atoms with Crippen molar-refractivity contribution >= 4 is 12.0 Å². The topological polar surface area (TPSA) is 304 Å². The number of benzene rings is 2. The van der Waals surface area contributed by atoms with Crippen LogP contribution in [0.5, 0.6) is 23.0 Å². The highest BCUT2D eigenvalue weighted by molar-refractivity contribution is 5.87. The van der Waals surface area contributed by atoms with Crippen LogP contribution < -0.4 is 0 Å². The first kappa shape index (κ1) is 40.5. The summed E-state index contributed by atoms with van der Waals surface area (Å²) in [6.07, 6.45) is -20.6. The van der Waals surface area contributed by atoms with Gasteiger partial charge < -0.3 is 89.3 Å². The number of rotatable bonds is 12. The molecule has 11 N–H and O–H groups in total. The van der Waals surface area contributed by atoms with Gasteiger partial charge in [-0.3, -0.25) is 0 Å². The van der Waals surface area contributed by atoms with Gasteiger partial charge in [0, 0.05) is 12.1 Å². The second-order valence-corrected chi connectivity index (χ2v) is 12.8. The van der Waals surface area contributed by atoms with E-state index in [-0.39, 0.29) is 41.6 Å². The zero-order valence-electron chi connectivity index (χ0n) is 28.2. The molecular weight excluding hydrogens is 712 g/mol. The van der Waals surface area contributed by atoms with Crippen molar-refractivity contribution in [2.24, 2.45) is 0 Å². The maximum atomic E-state index is 13.2. The van der Waals surface area contributed by atoms with Gasteiger partial charge in [-0.05, 0) is 54.8 Å². The molecule has 14 atom stereocenters. The number of carbonyl (C=O) groups excluding carboxylic acids is 1. The second kappa shape index (κ2) is 17.6. The summed E-state index contributed by atoms with van der Waals surface area (Å²) in [5, 5.41) is 112. The van der Waals surface area contributed by atoms with Crippen molar-refractivity contribution in [1.29, 1.82) is 0 Å². The van der Waals surface area contributed by atoms with E-state index in [1.165, 1.54) is 43.3 Å². The highest BCUT2D eigenvalue weighted by Crippen LogP contribution is 2.35. The normalized spacial score (nSPS) is 36.4. The molecule has 0 radical (unpaired) electrons. The summed E-state index contributed by atoms with van der Waals surface area (Å²) in [5.74, 6) is -2.39. The number of aromatic hydroxyl groups is 4. The van der Waals surface area contributed by atoms with Gasteiger partial charge in [-0.15, -0.1) is 0 Å². The van der Waals surface area contributed by atoms with Crippen LogP contribution in [0.25, 0.3) is 6.08 Å². The third-order valence-corrected chi connectivity index (χ3v) is 8.92. The zero-order chi connectivity index (χ0) is 38.6. The SMILES string of the molecule is CC1OC(OC2C(OC(=O)C=Cc3cc(O)cc(O)c3)C(CO)OC(OCCc3ccc(O)c(O)c3)C2OC2OCC(O)C(O)C2O)C(O)C(O)C1O. The molecule has 3 aliphatic heterocycles. The van der Waals surface area contributed by atoms with Crippen LogP contribution in [0.3, 0.4) is 0 Å². The molecule has 294 valence electrons. The summed E-state index contributed by atoms with van der Waals surface area (Å²) in [4.78, 5) is 13.2. The lowest BCUT2D eigenvalue weighted by Gasteiger charge is -2.49. The highest BCUT2D eigenvalue weighted by atomic mass is 16.8. The molecule has 3 fully saturated rings. The maximum Gasteiger partial charge on any atom is 0.331 e. The van der Waals surface area contributed by atoms with Crippen LogP contribution in [0, 0.1) is 0 Å². The summed E-state index contributed by atoms with van der Waals surface area (Å²) >= 11 is 0. The number of aliphatic hydroxyl groups excluding tert-OH is 7. The minimum absolute atomic E-state index is 0.114. The molecule has 2 aromatic carbocycles. The van der Waals surface area contributed by atoms with Crippen molar-refractivity contribution in [3.05, 3.63) is 53.6 Å². The molecule has 3 heterocycles. The van der Waals surface area contributed by atoms with Crippen LogP contribution in [0.2, 0.25) is 0 Å². The lowest BCUT2D eigenvalue weighted by atomic mass is 9.96. The number of carbonyl (C=O) groups is 1. The molecule has 5 rings (SSSR count). The van der Waals surface area contributed by atoms with E-state index in [9.17, 15) is 61.0 Å². The molecular formula is C34H44O19. The fraction of sp³-hybridized carbons (Fsp3) is 0.559. The Balaban J connectivity index is 1.48. The fourth-order valence-electron chi connectivity index (χ4n) is 6.00. The molecule has 19 nitrogen and oxygen atoms in total. The van der Waals surface area contributed by atoms with Crippen LogP contribution in [-0.4, -0.2) is 168 Å². The summed E-state index contributed by atoms with van der Waals surface area (Å²) in [5.41, 5.74) is 0.717. The van der Waals surface area contributed by atoms with Crippen LogP contribution in [0.15, 0.2) is 42.5 Å². The Morgan fingerprint density at radius 3 is 2.13 bits per heavy atom. The molecule has 0 saturated carbocycles. The van der Waals surface area contributed by atoms with E-state index >= 15 is 0 Å². The number of esters is 1. The quantitative estimate of drug-likeness (QED) is 0.0603. The average molecular weight is 757 g/mol. The van der Waals surface area contributed by atoms with Gasteiger partial charge in [0.25, 0.3) is 0 Å². The Bertz CT molecular complexity index is 1540. The zero-order valence-corrected chi connectivity index (χ0v) is 28.2. The van der Waals surface area contributed by atoms with E-state index in [0.29, 0.717) is 5.56 Å². The molecule has 19 heteroatoms. The summed E-state index contributed by atoms with van der Waals surface area (Å²) in [7, 11) is 0. The lowest BCUT2D eigenvalue weighted by molar-refractivity contribution is -0.385. The largest absolute Gasteiger partial charge is 0.508 e. The van der Waals surface area contributed by atoms with E-state index in [4.69, 9.17) is 33.2 Å². The number of ether oxygens (including phenoxy) is 7. The Morgan fingerprint density at radius 1 is 0.774 bits per heavy atom. The molecule has 53 heavy (non-hydrogen) atoms. The molecule has 0 aromatic heterocycles. The molecule has 3 saturated heterocycles. The standard InChI is InChI=1S/C34H44O19/c1-14-24(42)26(44)28(46)33(49-14)52-30-29(51-23(41)5-3-16-8-17(36)11-18(37)9-16)22(12-35)50-34(47-7-6-15-2-4-19(38)20(39)10-15)31(30)53-32-27(45)25(43)21(40)13-48-32/h2-5,8-11,14,21-22,24-40,42-46H,6-7,12-13H2,1H3. The van der Waals surface area contributed by atoms with E-state index in [1.54, 1.807) is 0 Å². The van der Waals surface area contributed by atoms with Gasteiger partial charge in [0.1, 0.15) is 66.4 Å². The molecule has 3 aliphatic rings. The van der Waals surface area contributed by atoms with Gasteiger partial charge in [0.05, 0.1) is 25.9 Å². The molecule has 0 spiro atoms. The van der Waals surface area contributed by atoms with E-state index in [1.807, 2.05) is 0 Å². The van der Waals surface area contributed by atoms with Gasteiger partial charge in [0.15, 0.2) is 36.5 Å². The van der Waals surface area contributed by atoms with Crippen LogP contribution >= 0.6 is 0 Å². The minimum atomic E-state index is -1.89. The van der Waals surface area contributed by atoms with E-state index < -0.39 is 105 Å². The number of hydrogen-bond acceptors (Lipinski definition) is 19. The van der Waals surface area contributed by atoms with Crippen molar-refractivity contribution in [1.82, 2.24) is 0 Å². The predicted molar refractivity (Wildman–Crippen MR) is 174 cm³/mol. The summed E-state index contributed by atoms with van der Waals surface area (Å²) in [6, 6.07) is 7.62. The maximum absolute atomic E-state index is 13.2. The molecule has 14 unspecified atom stereocenters. The van der Waals surface area contributed by atoms with Gasteiger partial charge in [-0.1, -0.05) is 6.07 Å². The second-order valence-electron chi connectivity index (χ2n) is 12.8. The van der Waals surface area contributed by atoms with E-state index in [2.05, 4.69) is 0 Å². The first-order chi connectivity index (χ1) is 25.2. The number of aliphatic hydroxyl groups is 7. The number of hydrogen-bond donors (Lipinski definition) is 11. The lowest BCUT2D eigenvalue weighted by Crippen LogP contribution is -2.67. The number of phenols is 4. The Kier molecular flexibility index (Phi) is 13.5. The van der Waals surface area contributed by atoms with Gasteiger partial charge >= 0.3 is 5.97 Å². The summed E-state index contributed by atoms with van der Waals surface area (Å²) < 4.78 is 40.9. The molecule has 0 bridgehead atoms. The van der Waals surface area contributed by atoms with Gasteiger partial charge in [0.2, 0.25) is 0 Å². The minimum Gasteiger partial charge on any atom is -0.508 e. The Labute approximate surface area is 302 Å². The molecule has 2 aromatic rings. The summed E-state index contributed by atoms with van der Waals surface area (Å²) in [6.45, 7) is -0.113. The van der Waals surface area contributed by atoms with Crippen molar-refractivity contribution < 1.29 is 94.1 Å². The van der Waals surface area contributed by atoms with Gasteiger partial charge in [-0.2, -0.15) is 0 Å². The first-order valence-electron chi connectivity index (χ1n) is 16.6. The van der Waals surface area contributed by atoms with Crippen molar-refractivity contribution in [3.8, 4) is 23.0 Å². The van der Waals surface area contributed by atoms with E-state index in [0.717, 1.165) is 12.1 Å². The average Bonchev–Trinajstić information content (AvgIpc) is 3.11. The van der Waals surface area contributed by atoms with Crippen molar-refractivity contribution in [3.63, 3.8) is 0 Å². The molecule has 0 amide bonds. The molecule has 0 aliphatic carbocycles. The predicted octanol–water partition coefficient (Wildman–Crippen LogP) is -2.55. The van der Waals surface area contributed by atoms with Crippen molar-refractivity contribution in [2.75, 3.05) is 19.8 Å².